The van der Waals surface area contributed by atoms with Gasteiger partial charge in [0.2, 0.25) is 0 Å². The first-order valence-electron chi connectivity index (χ1n) is 11.1. The van der Waals surface area contributed by atoms with Crippen molar-refractivity contribution in [1.29, 1.82) is 0 Å². The number of hydrogen-bond donors (Lipinski definition) is 1. The molecule has 0 unspecified atom stereocenters. The first-order chi connectivity index (χ1) is 17.6. The van der Waals surface area contributed by atoms with Crippen LogP contribution in [0.4, 0.5) is 16.4 Å². The van der Waals surface area contributed by atoms with Gasteiger partial charge in [0.25, 0.3) is 15.9 Å². The number of pyridine rings is 1. The molecule has 3 aromatic rings. The average Bonchev–Trinajstić information content (AvgIpc) is 3.29. The summed E-state index contributed by atoms with van der Waals surface area (Å²) in [6, 6.07) is 13.3. The molecule has 0 bridgehead atoms. The van der Waals surface area contributed by atoms with Gasteiger partial charge in [0.15, 0.2) is 0 Å². The molecule has 2 aromatic carbocycles. The van der Waals surface area contributed by atoms with Gasteiger partial charge in [-0.25, -0.2) is 22.5 Å². The highest BCUT2D eigenvalue weighted by Crippen LogP contribution is 2.35. The summed E-state index contributed by atoms with van der Waals surface area (Å²) in [5.41, 5.74) is 0.650. The van der Waals surface area contributed by atoms with Crippen LogP contribution in [0.25, 0.3) is 0 Å². The van der Waals surface area contributed by atoms with Crippen LogP contribution in [-0.4, -0.2) is 56.0 Å². The van der Waals surface area contributed by atoms with Gasteiger partial charge in [-0.05, 0) is 48.4 Å². The van der Waals surface area contributed by atoms with E-state index in [0.717, 1.165) is 4.31 Å². The minimum absolute atomic E-state index is 0.0327. The van der Waals surface area contributed by atoms with E-state index in [0.29, 0.717) is 18.5 Å². The van der Waals surface area contributed by atoms with Crippen LogP contribution in [0.15, 0.2) is 59.5 Å². The normalized spacial score (nSPS) is 17.4. The molecule has 0 radical (unpaired) electrons. The summed E-state index contributed by atoms with van der Waals surface area (Å²) in [5, 5.41) is 3.21. The number of cyclic esters (lactones) is 1. The number of hydrogen-bond acceptors (Lipinski definition) is 6. The minimum Gasteiger partial charge on any atom is -0.448 e. The maximum absolute atomic E-state index is 13.8. The molecule has 3 heterocycles. The van der Waals surface area contributed by atoms with E-state index in [9.17, 15) is 18.0 Å². The number of benzene rings is 2. The highest BCUT2D eigenvalue weighted by Gasteiger charge is 2.40. The zero-order valence-corrected chi connectivity index (χ0v) is 22.1. The molecular weight excluding hydrogens is 563 g/mol. The maximum Gasteiger partial charge on any atom is 0.410 e. The largest absolute Gasteiger partial charge is 0.448 e. The van der Waals surface area contributed by atoms with E-state index in [-0.39, 0.29) is 50.3 Å². The van der Waals surface area contributed by atoms with E-state index >= 15 is 0 Å². The lowest BCUT2D eigenvalue weighted by molar-refractivity contribution is 0.102. The monoisotopic (exact) mass is 580 g/mol. The van der Waals surface area contributed by atoms with Crippen LogP contribution in [0.5, 0.6) is 0 Å². The SMILES string of the molecule is O=C(Nc1ccc2c(n1)N(S(=O)(=O)c1cccc(Cl)c1)C[C@H](N1CCOC1=O)C2)c1c(Cl)cccc1Cl. The van der Waals surface area contributed by atoms with E-state index in [1.165, 1.54) is 35.2 Å². The lowest BCUT2D eigenvalue weighted by Gasteiger charge is -2.37. The first-order valence-corrected chi connectivity index (χ1v) is 13.7. The summed E-state index contributed by atoms with van der Waals surface area (Å²) in [6.07, 6.45) is -0.147. The van der Waals surface area contributed by atoms with Gasteiger partial charge in [-0.2, -0.15) is 0 Å². The Balaban J connectivity index is 1.54. The van der Waals surface area contributed by atoms with Crippen molar-refractivity contribution in [2.45, 2.75) is 17.4 Å². The van der Waals surface area contributed by atoms with Crippen LogP contribution in [0.1, 0.15) is 15.9 Å². The maximum atomic E-state index is 13.8. The average molecular weight is 582 g/mol. The molecule has 192 valence electrons. The second-order valence-electron chi connectivity index (χ2n) is 8.39. The molecule has 1 N–H and O–H groups in total. The molecule has 1 fully saturated rings. The number of ether oxygens (including phenoxy) is 1. The summed E-state index contributed by atoms with van der Waals surface area (Å²) in [6.45, 7) is 0.527. The van der Waals surface area contributed by atoms with Gasteiger partial charge < -0.3 is 10.1 Å². The molecule has 9 nitrogen and oxygen atoms in total. The summed E-state index contributed by atoms with van der Waals surface area (Å²) < 4.78 is 33.7. The molecule has 1 saturated heterocycles. The van der Waals surface area contributed by atoms with Gasteiger partial charge >= 0.3 is 6.09 Å². The van der Waals surface area contributed by atoms with Crippen LogP contribution in [0.3, 0.4) is 0 Å². The van der Waals surface area contributed by atoms with Gasteiger partial charge in [0, 0.05) is 5.02 Å². The lowest BCUT2D eigenvalue weighted by atomic mass is 10.0. The van der Waals surface area contributed by atoms with Gasteiger partial charge in [-0.3, -0.25) is 9.69 Å². The number of amides is 2. The van der Waals surface area contributed by atoms with Crippen LogP contribution in [-0.2, 0) is 21.2 Å². The quantitative estimate of drug-likeness (QED) is 0.461. The molecule has 0 saturated carbocycles. The van der Waals surface area contributed by atoms with Crippen molar-refractivity contribution >= 4 is 68.5 Å². The van der Waals surface area contributed by atoms with E-state index in [1.807, 2.05) is 0 Å². The molecule has 0 aliphatic carbocycles. The number of nitrogens with one attached hydrogen (secondary N) is 1. The zero-order chi connectivity index (χ0) is 26.3. The predicted octanol–water partition coefficient (Wildman–Crippen LogP) is 4.87. The van der Waals surface area contributed by atoms with Crippen LogP contribution >= 0.6 is 34.8 Å². The Morgan fingerprint density at radius 3 is 2.46 bits per heavy atom. The first kappa shape index (κ1) is 25.6. The molecule has 2 amide bonds. The van der Waals surface area contributed by atoms with Crippen molar-refractivity contribution < 1.29 is 22.7 Å². The van der Waals surface area contributed by atoms with E-state index in [1.54, 1.807) is 24.3 Å². The second kappa shape index (κ2) is 10.0. The van der Waals surface area contributed by atoms with Gasteiger partial charge in [0.1, 0.15) is 18.2 Å². The van der Waals surface area contributed by atoms with Gasteiger partial charge in [-0.15, -0.1) is 0 Å². The Morgan fingerprint density at radius 1 is 1.05 bits per heavy atom. The number of aromatic nitrogens is 1. The number of nitrogens with zero attached hydrogens (tertiary/aromatic N) is 3. The van der Waals surface area contributed by atoms with Crippen molar-refractivity contribution in [3.8, 4) is 0 Å². The number of rotatable bonds is 5. The van der Waals surface area contributed by atoms with Crippen LogP contribution in [0, 0.1) is 0 Å². The minimum atomic E-state index is -4.14. The molecule has 0 spiro atoms. The Bertz CT molecular complexity index is 1500. The Labute approximate surface area is 227 Å². The summed E-state index contributed by atoms with van der Waals surface area (Å²) in [5.74, 6) is -0.363. The Morgan fingerprint density at radius 2 is 1.78 bits per heavy atom. The number of sulfonamides is 1. The highest BCUT2D eigenvalue weighted by molar-refractivity contribution is 7.92. The van der Waals surface area contributed by atoms with Crippen molar-refractivity contribution in [3.05, 3.63) is 80.8 Å². The standard InChI is InChI=1S/C24H19Cl3N4O5S/c25-15-3-1-4-17(12-15)37(34,35)31-13-16(30-9-10-36-24(30)33)11-14-7-8-20(28-22(14)31)29-23(32)21-18(26)5-2-6-19(21)27/h1-8,12,16H,9-11,13H2,(H,28,29,32)/t16-/m1/s1. The van der Waals surface area contributed by atoms with Crippen molar-refractivity contribution in [1.82, 2.24) is 9.88 Å². The molecule has 1 aromatic heterocycles. The number of anilines is 2. The van der Waals surface area contributed by atoms with E-state index in [4.69, 9.17) is 39.5 Å². The summed E-state index contributed by atoms with van der Waals surface area (Å²) >= 11 is 18.4. The molecular formula is C24H19Cl3N4O5S. The lowest BCUT2D eigenvalue weighted by Crippen LogP contribution is -2.51. The van der Waals surface area contributed by atoms with Crippen LogP contribution < -0.4 is 9.62 Å². The van der Waals surface area contributed by atoms with Gasteiger partial charge in [-0.1, -0.05) is 53.0 Å². The molecule has 5 rings (SSSR count). The molecule has 1 atom stereocenters. The number of carbonyl (C=O) groups is 2. The predicted molar refractivity (Wildman–Crippen MR) is 140 cm³/mol. The number of halogens is 3. The number of carbonyl (C=O) groups excluding carboxylic acids is 2. The van der Waals surface area contributed by atoms with Gasteiger partial charge in [0.05, 0.1) is 39.6 Å². The van der Waals surface area contributed by atoms with E-state index in [2.05, 4.69) is 10.3 Å². The molecule has 2 aliphatic heterocycles. The topological polar surface area (TPSA) is 109 Å². The molecule has 13 heteroatoms. The van der Waals surface area contributed by atoms with Crippen molar-refractivity contribution in [3.63, 3.8) is 0 Å². The number of fused-ring (bicyclic) bond motifs is 1. The third kappa shape index (κ3) is 4.94. The van der Waals surface area contributed by atoms with Crippen LogP contribution in [0.2, 0.25) is 15.1 Å². The Kier molecular flexibility index (Phi) is 6.93. The Hall–Kier alpha value is -3.05. The fourth-order valence-electron chi connectivity index (χ4n) is 4.32. The zero-order valence-electron chi connectivity index (χ0n) is 19.0. The summed E-state index contributed by atoms with van der Waals surface area (Å²) in [4.78, 5) is 31.1. The highest BCUT2D eigenvalue weighted by atomic mass is 35.5. The second-order valence-corrected chi connectivity index (χ2v) is 11.5. The summed E-state index contributed by atoms with van der Waals surface area (Å²) in [7, 11) is -4.14. The third-order valence-corrected chi connectivity index (χ3v) is 8.69. The fraction of sp³-hybridized carbons (Fsp3) is 0.208. The fourth-order valence-corrected chi connectivity index (χ4v) is 6.68. The third-order valence-electron chi connectivity index (χ3n) is 6.07. The smallest absolute Gasteiger partial charge is 0.410 e. The van der Waals surface area contributed by atoms with Crippen molar-refractivity contribution in [2.75, 3.05) is 29.3 Å². The van der Waals surface area contributed by atoms with Crippen molar-refractivity contribution in [2.24, 2.45) is 0 Å². The molecule has 2 aliphatic rings. The molecule has 37 heavy (non-hydrogen) atoms. The van der Waals surface area contributed by atoms with E-state index < -0.39 is 28.1 Å².